The molecule has 0 unspecified atom stereocenters. The number of aryl methyl sites for hydroxylation is 1. The Morgan fingerprint density at radius 1 is 1.42 bits per heavy atom. The zero-order valence-corrected chi connectivity index (χ0v) is 10.4. The van der Waals surface area contributed by atoms with Crippen molar-refractivity contribution in [1.29, 1.82) is 0 Å². The van der Waals surface area contributed by atoms with E-state index >= 15 is 0 Å². The summed E-state index contributed by atoms with van der Waals surface area (Å²) in [6.07, 6.45) is 1.14. The van der Waals surface area contributed by atoms with Crippen LogP contribution in [0.3, 0.4) is 0 Å². The number of H-pyrrole nitrogens is 1. The van der Waals surface area contributed by atoms with Crippen molar-refractivity contribution in [2.75, 3.05) is 12.8 Å². The lowest BCUT2D eigenvalue weighted by Gasteiger charge is -2.10. The van der Waals surface area contributed by atoms with Crippen LogP contribution in [0.25, 0.3) is 0 Å². The Kier molecular flexibility index (Phi) is 3.37. The molecule has 2 aromatic rings. The number of hydrogen-bond acceptors (Lipinski definition) is 5. The number of methoxy groups -OCH3 is 1. The van der Waals surface area contributed by atoms with Crippen LogP contribution in [-0.4, -0.2) is 17.1 Å². The van der Waals surface area contributed by atoms with Crippen LogP contribution in [0.15, 0.2) is 23.3 Å². The Morgan fingerprint density at radius 3 is 2.84 bits per heavy atom. The molecule has 0 atom stereocenters. The predicted molar refractivity (Wildman–Crippen MR) is 67.0 cm³/mol. The molecule has 0 aliphatic heterocycles. The minimum Gasteiger partial charge on any atom is -0.487 e. The molecule has 7 heteroatoms. The van der Waals surface area contributed by atoms with Crippen molar-refractivity contribution in [3.05, 3.63) is 40.2 Å². The standard InChI is InChI=1S/C12H12FN3O3/c1-6-3-9(7(13)4-8(6)14)19-12-10(18-2)11(17)15-5-16-12/h3-5H,14H2,1-2H3,(H,15,16,17). The molecule has 100 valence electrons. The van der Waals surface area contributed by atoms with Crippen molar-refractivity contribution in [3.63, 3.8) is 0 Å². The number of nitrogen functional groups attached to an aromatic ring is 1. The van der Waals surface area contributed by atoms with Crippen LogP contribution >= 0.6 is 0 Å². The normalized spacial score (nSPS) is 10.3. The number of nitrogens with one attached hydrogen (secondary N) is 1. The number of aromatic amines is 1. The minimum atomic E-state index is -0.646. The molecule has 1 aromatic heterocycles. The third-order valence-corrected chi connectivity index (χ3v) is 2.51. The highest BCUT2D eigenvalue weighted by atomic mass is 19.1. The van der Waals surface area contributed by atoms with Crippen LogP contribution < -0.4 is 20.8 Å². The first-order valence-corrected chi connectivity index (χ1v) is 5.38. The van der Waals surface area contributed by atoms with Crippen molar-refractivity contribution in [2.45, 2.75) is 6.92 Å². The van der Waals surface area contributed by atoms with Gasteiger partial charge in [-0.2, -0.15) is 0 Å². The van der Waals surface area contributed by atoms with Gasteiger partial charge in [-0.3, -0.25) is 4.79 Å². The fraction of sp³-hybridized carbons (Fsp3) is 0.167. The Morgan fingerprint density at radius 2 is 2.16 bits per heavy atom. The van der Waals surface area contributed by atoms with Crippen LogP contribution in [0.1, 0.15) is 5.56 Å². The van der Waals surface area contributed by atoms with Gasteiger partial charge >= 0.3 is 0 Å². The average molecular weight is 265 g/mol. The number of nitrogens with zero attached hydrogens (tertiary/aromatic N) is 1. The molecule has 3 N–H and O–H groups in total. The van der Waals surface area contributed by atoms with Crippen molar-refractivity contribution in [1.82, 2.24) is 9.97 Å². The van der Waals surface area contributed by atoms with Crippen molar-refractivity contribution >= 4 is 5.69 Å². The Labute approximate surface area is 108 Å². The first-order valence-electron chi connectivity index (χ1n) is 5.38. The molecule has 1 heterocycles. The van der Waals surface area contributed by atoms with E-state index in [1.165, 1.54) is 13.2 Å². The first kappa shape index (κ1) is 12.9. The maximum atomic E-state index is 13.7. The highest BCUT2D eigenvalue weighted by Gasteiger charge is 2.14. The molecule has 0 aliphatic carbocycles. The van der Waals surface area contributed by atoms with E-state index < -0.39 is 11.4 Å². The molecule has 0 radical (unpaired) electrons. The highest BCUT2D eigenvalue weighted by molar-refractivity contribution is 5.51. The van der Waals surface area contributed by atoms with Gasteiger partial charge in [0.15, 0.2) is 11.6 Å². The second-order valence-corrected chi connectivity index (χ2v) is 3.81. The van der Waals surface area contributed by atoms with Gasteiger partial charge in [0.2, 0.25) is 5.75 Å². The van der Waals surface area contributed by atoms with Gasteiger partial charge in [0, 0.05) is 11.8 Å². The van der Waals surface area contributed by atoms with Gasteiger partial charge in [-0.05, 0) is 18.6 Å². The molecular formula is C12H12FN3O3. The topological polar surface area (TPSA) is 90.2 Å². The summed E-state index contributed by atoms with van der Waals surface area (Å²) in [5.41, 5.74) is 6.03. The SMILES string of the molecule is COc1c(Oc2cc(C)c(N)cc2F)nc[nH]c1=O. The van der Waals surface area contributed by atoms with Crippen LogP contribution in [0.5, 0.6) is 17.4 Å². The zero-order chi connectivity index (χ0) is 14.0. The molecule has 0 aliphatic rings. The fourth-order valence-electron chi connectivity index (χ4n) is 1.48. The smallest absolute Gasteiger partial charge is 0.297 e. The molecule has 0 spiro atoms. The van der Waals surface area contributed by atoms with Gasteiger partial charge in [-0.25, -0.2) is 9.37 Å². The summed E-state index contributed by atoms with van der Waals surface area (Å²) in [6.45, 7) is 1.71. The van der Waals surface area contributed by atoms with E-state index in [0.717, 1.165) is 12.4 Å². The Balaban J connectivity index is 2.45. The third kappa shape index (κ3) is 2.49. The largest absolute Gasteiger partial charge is 0.487 e. The summed E-state index contributed by atoms with van der Waals surface area (Å²) >= 11 is 0. The van der Waals surface area contributed by atoms with Crippen LogP contribution in [0.2, 0.25) is 0 Å². The fourth-order valence-corrected chi connectivity index (χ4v) is 1.48. The van der Waals surface area contributed by atoms with Gasteiger partial charge in [0.1, 0.15) is 0 Å². The van der Waals surface area contributed by atoms with Gasteiger partial charge in [-0.1, -0.05) is 0 Å². The summed E-state index contributed by atoms with van der Waals surface area (Å²) in [5.74, 6) is -0.971. The molecule has 1 aromatic carbocycles. The first-order chi connectivity index (χ1) is 9.02. The van der Waals surface area contributed by atoms with Crippen LogP contribution in [0.4, 0.5) is 10.1 Å². The number of halogens is 1. The highest BCUT2D eigenvalue weighted by Crippen LogP contribution is 2.30. The van der Waals surface area contributed by atoms with Crippen molar-refractivity contribution in [3.8, 4) is 17.4 Å². The van der Waals surface area contributed by atoms with Gasteiger partial charge < -0.3 is 20.2 Å². The van der Waals surface area contributed by atoms with E-state index in [2.05, 4.69) is 9.97 Å². The molecule has 19 heavy (non-hydrogen) atoms. The molecule has 0 saturated carbocycles. The number of anilines is 1. The van der Waals surface area contributed by atoms with Crippen molar-refractivity contribution in [2.24, 2.45) is 0 Å². The number of hydrogen-bond donors (Lipinski definition) is 2. The summed E-state index contributed by atoms with van der Waals surface area (Å²) in [5, 5.41) is 0. The van der Waals surface area contributed by atoms with Gasteiger partial charge in [-0.15, -0.1) is 0 Å². The second kappa shape index (κ2) is 4.97. The summed E-state index contributed by atoms with van der Waals surface area (Å²) in [6, 6.07) is 2.57. The second-order valence-electron chi connectivity index (χ2n) is 3.81. The lowest BCUT2D eigenvalue weighted by Crippen LogP contribution is -2.11. The van der Waals surface area contributed by atoms with Crippen LogP contribution in [0, 0.1) is 12.7 Å². The number of ether oxygens (including phenoxy) is 2. The number of nitrogens with two attached hydrogens (primary N) is 1. The molecule has 0 amide bonds. The number of aromatic nitrogens is 2. The maximum Gasteiger partial charge on any atom is 0.297 e. The van der Waals surface area contributed by atoms with Gasteiger partial charge in [0.05, 0.1) is 13.4 Å². The quantitative estimate of drug-likeness (QED) is 0.823. The monoisotopic (exact) mass is 265 g/mol. The van der Waals surface area contributed by atoms with E-state index in [9.17, 15) is 9.18 Å². The Hall–Kier alpha value is -2.57. The van der Waals surface area contributed by atoms with Crippen molar-refractivity contribution < 1.29 is 13.9 Å². The van der Waals surface area contributed by atoms with E-state index in [0.29, 0.717) is 11.3 Å². The lowest BCUT2D eigenvalue weighted by atomic mass is 10.2. The van der Waals surface area contributed by atoms with Crippen LogP contribution in [-0.2, 0) is 0 Å². The molecule has 0 saturated heterocycles. The molecule has 2 rings (SSSR count). The number of benzene rings is 1. The molecule has 6 nitrogen and oxygen atoms in total. The lowest BCUT2D eigenvalue weighted by molar-refractivity contribution is 0.355. The summed E-state index contributed by atoms with van der Waals surface area (Å²) in [4.78, 5) is 17.6. The Bertz CT molecular complexity index is 670. The molecule has 0 fully saturated rings. The summed E-state index contributed by atoms with van der Waals surface area (Å²) < 4.78 is 23.8. The van der Waals surface area contributed by atoms with E-state index in [4.69, 9.17) is 15.2 Å². The third-order valence-electron chi connectivity index (χ3n) is 2.51. The molecular weight excluding hydrogens is 253 g/mol. The summed E-state index contributed by atoms with van der Waals surface area (Å²) in [7, 11) is 1.30. The predicted octanol–water partition coefficient (Wildman–Crippen LogP) is 1.60. The maximum absolute atomic E-state index is 13.7. The minimum absolute atomic E-state index is 0.0805. The average Bonchev–Trinajstić information content (AvgIpc) is 2.36. The molecule has 0 bridgehead atoms. The van der Waals surface area contributed by atoms with E-state index in [-0.39, 0.29) is 17.4 Å². The van der Waals surface area contributed by atoms with Gasteiger partial charge in [0.25, 0.3) is 11.4 Å². The number of rotatable bonds is 3. The van der Waals surface area contributed by atoms with E-state index in [1.54, 1.807) is 6.92 Å². The van der Waals surface area contributed by atoms with E-state index in [1.807, 2.05) is 0 Å². The zero-order valence-electron chi connectivity index (χ0n) is 10.4.